The normalized spacial score (nSPS) is 16.0. The minimum absolute atomic E-state index is 0.0260. The Morgan fingerprint density at radius 1 is 1.23 bits per heavy atom. The second-order valence-electron chi connectivity index (χ2n) is 6.19. The number of nitrogens with zero attached hydrogens (tertiary/aromatic N) is 3. The average molecular weight is 296 g/mol. The Hall–Kier alpha value is -2.14. The Morgan fingerprint density at radius 3 is 2.86 bits per heavy atom. The highest BCUT2D eigenvalue weighted by atomic mass is 16.1. The van der Waals surface area contributed by atoms with Gasteiger partial charge in [-0.05, 0) is 45.0 Å². The van der Waals surface area contributed by atoms with Gasteiger partial charge in [-0.2, -0.15) is 0 Å². The third-order valence-corrected chi connectivity index (χ3v) is 4.58. The van der Waals surface area contributed by atoms with E-state index in [1.807, 2.05) is 12.1 Å². The van der Waals surface area contributed by atoms with Gasteiger partial charge in [-0.15, -0.1) is 0 Å². The quantitative estimate of drug-likeness (QED) is 0.807. The smallest absolute Gasteiger partial charge is 0.277 e. The largest absolute Gasteiger partial charge is 0.349 e. The molecule has 1 N–H and O–H groups in total. The van der Waals surface area contributed by atoms with Gasteiger partial charge in [0.25, 0.3) is 5.56 Å². The third-order valence-electron chi connectivity index (χ3n) is 4.58. The maximum Gasteiger partial charge on any atom is 0.277 e. The fraction of sp³-hybridized carbons (Fsp3) is 0.412. The first-order chi connectivity index (χ1) is 10.7. The van der Waals surface area contributed by atoms with Gasteiger partial charge in [0.05, 0.1) is 6.33 Å². The summed E-state index contributed by atoms with van der Waals surface area (Å²) in [6.07, 6.45) is 4.23. The third kappa shape index (κ3) is 2.22. The number of likely N-dealkylation sites (tertiary alicyclic amines) is 1. The van der Waals surface area contributed by atoms with Crippen LogP contribution in [-0.4, -0.2) is 39.1 Å². The number of fused-ring (bicyclic) bond motifs is 3. The van der Waals surface area contributed by atoms with Gasteiger partial charge in [-0.3, -0.25) is 9.36 Å². The number of aryl methyl sites for hydroxylation is 1. The highest BCUT2D eigenvalue weighted by Crippen LogP contribution is 2.22. The van der Waals surface area contributed by atoms with Crippen molar-refractivity contribution in [2.75, 3.05) is 19.6 Å². The SMILES string of the molecule is Cc1ccc2[nH]c3c(=O)n(CCN4CCCC4)cnc3c2c1. The van der Waals surface area contributed by atoms with Crippen LogP contribution in [0.15, 0.2) is 29.3 Å². The monoisotopic (exact) mass is 296 g/mol. The molecule has 0 spiro atoms. The Labute approximate surface area is 128 Å². The molecule has 1 aliphatic rings. The summed E-state index contributed by atoms with van der Waals surface area (Å²) >= 11 is 0. The van der Waals surface area contributed by atoms with Crippen molar-refractivity contribution in [2.24, 2.45) is 0 Å². The molecule has 5 heteroatoms. The van der Waals surface area contributed by atoms with Crippen molar-refractivity contribution in [3.63, 3.8) is 0 Å². The molecule has 0 bridgehead atoms. The van der Waals surface area contributed by atoms with E-state index in [1.165, 1.54) is 18.4 Å². The van der Waals surface area contributed by atoms with Crippen LogP contribution in [0.3, 0.4) is 0 Å². The molecule has 1 aliphatic heterocycles. The minimum atomic E-state index is 0.0260. The number of benzene rings is 1. The molecule has 3 heterocycles. The summed E-state index contributed by atoms with van der Waals surface area (Å²) < 4.78 is 1.73. The molecular formula is C17H20N4O. The van der Waals surface area contributed by atoms with Crippen molar-refractivity contribution in [3.05, 3.63) is 40.4 Å². The van der Waals surface area contributed by atoms with E-state index in [9.17, 15) is 4.79 Å². The summed E-state index contributed by atoms with van der Waals surface area (Å²) in [6.45, 7) is 5.98. The van der Waals surface area contributed by atoms with Crippen molar-refractivity contribution in [2.45, 2.75) is 26.3 Å². The number of aromatic nitrogens is 3. The van der Waals surface area contributed by atoms with Crippen LogP contribution in [0.5, 0.6) is 0 Å². The van der Waals surface area contributed by atoms with E-state index in [0.717, 1.165) is 36.1 Å². The molecule has 1 fully saturated rings. The van der Waals surface area contributed by atoms with E-state index in [2.05, 4.69) is 27.9 Å². The van der Waals surface area contributed by atoms with Crippen molar-refractivity contribution in [1.29, 1.82) is 0 Å². The summed E-state index contributed by atoms with van der Waals surface area (Å²) in [6, 6.07) is 6.14. The first-order valence-electron chi connectivity index (χ1n) is 7.92. The molecule has 0 aliphatic carbocycles. The van der Waals surface area contributed by atoms with Gasteiger partial charge < -0.3 is 9.88 Å². The maximum atomic E-state index is 12.7. The molecule has 1 aromatic carbocycles. The fourth-order valence-corrected chi connectivity index (χ4v) is 3.32. The van der Waals surface area contributed by atoms with E-state index >= 15 is 0 Å². The average Bonchev–Trinajstić information content (AvgIpc) is 3.14. The van der Waals surface area contributed by atoms with Crippen molar-refractivity contribution >= 4 is 21.9 Å². The first kappa shape index (κ1) is 13.5. The number of rotatable bonds is 3. The maximum absolute atomic E-state index is 12.7. The van der Waals surface area contributed by atoms with E-state index in [0.29, 0.717) is 12.1 Å². The minimum Gasteiger partial charge on any atom is -0.349 e. The molecule has 2 aromatic heterocycles. The zero-order valence-electron chi connectivity index (χ0n) is 12.8. The fourth-order valence-electron chi connectivity index (χ4n) is 3.32. The lowest BCUT2D eigenvalue weighted by molar-refractivity contribution is 0.320. The summed E-state index contributed by atoms with van der Waals surface area (Å²) in [5.74, 6) is 0. The van der Waals surface area contributed by atoms with Crippen molar-refractivity contribution < 1.29 is 0 Å². The van der Waals surface area contributed by atoms with Gasteiger partial charge in [-0.25, -0.2) is 4.98 Å². The lowest BCUT2D eigenvalue weighted by atomic mass is 10.2. The van der Waals surface area contributed by atoms with E-state index < -0.39 is 0 Å². The van der Waals surface area contributed by atoms with Crippen LogP contribution in [0.2, 0.25) is 0 Å². The van der Waals surface area contributed by atoms with Crippen LogP contribution in [0.1, 0.15) is 18.4 Å². The van der Waals surface area contributed by atoms with Gasteiger partial charge >= 0.3 is 0 Å². The highest BCUT2D eigenvalue weighted by Gasteiger charge is 2.13. The highest BCUT2D eigenvalue weighted by molar-refractivity contribution is 6.04. The second-order valence-corrected chi connectivity index (χ2v) is 6.19. The lowest BCUT2D eigenvalue weighted by Crippen LogP contribution is -2.29. The van der Waals surface area contributed by atoms with Crippen LogP contribution in [0.25, 0.3) is 21.9 Å². The molecule has 4 rings (SSSR count). The predicted octanol–water partition coefficient (Wildman–Crippen LogP) is 2.28. The zero-order chi connectivity index (χ0) is 15.1. The van der Waals surface area contributed by atoms with Crippen LogP contribution >= 0.6 is 0 Å². The Kier molecular flexibility index (Phi) is 3.22. The standard InChI is InChI=1S/C17H20N4O/c1-12-4-5-14-13(10-12)15-16(19-14)17(22)21(11-18-15)9-8-20-6-2-3-7-20/h4-5,10-11,19H,2-3,6-9H2,1H3. The zero-order valence-corrected chi connectivity index (χ0v) is 12.8. The number of aromatic amines is 1. The second kappa shape index (κ2) is 5.25. The molecule has 0 unspecified atom stereocenters. The molecule has 1 saturated heterocycles. The molecular weight excluding hydrogens is 276 g/mol. The van der Waals surface area contributed by atoms with Gasteiger partial charge in [0, 0.05) is 24.0 Å². The Balaban J connectivity index is 1.73. The molecule has 0 atom stereocenters. The lowest BCUT2D eigenvalue weighted by Gasteiger charge is -2.14. The van der Waals surface area contributed by atoms with Gasteiger partial charge in [0.1, 0.15) is 11.0 Å². The number of H-pyrrole nitrogens is 1. The molecule has 0 saturated carbocycles. The van der Waals surface area contributed by atoms with Gasteiger partial charge in [0.15, 0.2) is 0 Å². The van der Waals surface area contributed by atoms with Crippen molar-refractivity contribution in [3.8, 4) is 0 Å². The van der Waals surface area contributed by atoms with E-state index in [4.69, 9.17) is 0 Å². The molecule has 5 nitrogen and oxygen atoms in total. The van der Waals surface area contributed by atoms with E-state index in [1.54, 1.807) is 10.9 Å². The van der Waals surface area contributed by atoms with Crippen LogP contribution in [-0.2, 0) is 6.54 Å². The van der Waals surface area contributed by atoms with E-state index in [-0.39, 0.29) is 5.56 Å². The summed E-state index contributed by atoms with van der Waals surface area (Å²) in [5.41, 5.74) is 3.57. The van der Waals surface area contributed by atoms with Crippen LogP contribution in [0.4, 0.5) is 0 Å². The van der Waals surface area contributed by atoms with Gasteiger partial charge in [0.2, 0.25) is 0 Å². The molecule has 114 valence electrons. The molecule has 0 radical (unpaired) electrons. The van der Waals surface area contributed by atoms with Crippen LogP contribution in [0, 0.1) is 6.92 Å². The summed E-state index contributed by atoms with van der Waals surface area (Å²) in [7, 11) is 0. The summed E-state index contributed by atoms with van der Waals surface area (Å²) in [4.78, 5) is 22.8. The van der Waals surface area contributed by atoms with Crippen LogP contribution < -0.4 is 5.56 Å². The Bertz CT molecular complexity index is 887. The first-order valence-corrected chi connectivity index (χ1v) is 7.92. The number of nitrogens with one attached hydrogen (secondary N) is 1. The number of hydrogen-bond donors (Lipinski definition) is 1. The van der Waals surface area contributed by atoms with Crippen molar-refractivity contribution in [1.82, 2.24) is 19.4 Å². The Morgan fingerprint density at radius 2 is 2.05 bits per heavy atom. The van der Waals surface area contributed by atoms with Gasteiger partial charge in [-0.1, -0.05) is 11.6 Å². The molecule has 3 aromatic rings. The summed E-state index contributed by atoms with van der Waals surface area (Å²) in [5, 5.41) is 1.03. The number of hydrogen-bond acceptors (Lipinski definition) is 3. The molecule has 22 heavy (non-hydrogen) atoms. The molecule has 0 amide bonds. The predicted molar refractivity (Wildman–Crippen MR) is 88.3 cm³/mol. The topological polar surface area (TPSA) is 53.9 Å².